The van der Waals surface area contributed by atoms with Gasteiger partial charge in [-0.2, -0.15) is 0 Å². The second kappa shape index (κ2) is 9.30. The van der Waals surface area contributed by atoms with E-state index in [1.807, 2.05) is 43.9 Å². The standard InChI is InChI=1S/C23H28ClN5O3S/c1-23(2,3)32-22(31)28-10-6-4-5-7-17(28)16-11-15(24)9-8-14(16)12-29-19-18(25-13-26-19)20(30)27-21(29)33/h8-9,11,13,17H,4-7,10,12H2,1-3H3,(H,25,26)(H,27,30,33)/t17-/m1/s1. The molecule has 2 aromatic heterocycles. The summed E-state index contributed by atoms with van der Waals surface area (Å²) in [6.07, 6.45) is 4.92. The van der Waals surface area contributed by atoms with Gasteiger partial charge < -0.3 is 14.6 Å². The molecule has 3 heterocycles. The van der Waals surface area contributed by atoms with Gasteiger partial charge >= 0.3 is 6.09 Å². The van der Waals surface area contributed by atoms with E-state index in [9.17, 15) is 9.59 Å². The number of H-pyrrole nitrogens is 2. The molecular weight excluding hydrogens is 462 g/mol. The van der Waals surface area contributed by atoms with E-state index in [-0.39, 0.29) is 22.5 Å². The van der Waals surface area contributed by atoms with Crippen molar-refractivity contribution in [1.82, 2.24) is 24.4 Å². The minimum Gasteiger partial charge on any atom is -0.444 e. The van der Waals surface area contributed by atoms with E-state index in [2.05, 4.69) is 15.0 Å². The number of hydrogen-bond donors (Lipinski definition) is 2. The molecule has 0 aliphatic carbocycles. The van der Waals surface area contributed by atoms with E-state index in [0.717, 1.165) is 36.8 Å². The summed E-state index contributed by atoms with van der Waals surface area (Å²) in [5.74, 6) is 0. The fraction of sp³-hybridized carbons (Fsp3) is 0.478. The maximum Gasteiger partial charge on any atom is 0.410 e. The van der Waals surface area contributed by atoms with Gasteiger partial charge in [-0.05, 0) is 69.1 Å². The normalized spacial score (nSPS) is 17.2. The van der Waals surface area contributed by atoms with Gasteiger partial charge in [0.1, 0.15) is 11.1 Å². The summed E-state index contributed by atoms with van der Waals surface area (Å²) in [6, 6.07) is 5.51. The number of carbonyl (C=O) groups is 1. The van der Waals surface area contributed by atoms with Gasteiger partial charge in [0.05, 0.1) is 18.9 Å². The van der Waals surface area contributed by atoms with Gasteiger partial charge in [0.15, 0.2) is 10.4 Å². The van der Waals surface area contributed by atoms with Crippen molar-refractivity contribution in [3.63, 3.8) is 0 Å². The van der Waals surface area contributed by atoms with Crippen LogP contribution in [0.1, 0.15) is 63.6 Å². The maximum absolute atomic E-state index is 13.1. The number of amides is 1. The van der Waals surface area contributed by atoms with Crippen LogP contribution < -0.4 is 5.56 Å². The van der Waals surface area contributed by atoms with Gasteiger partial charge in [0, 0.05) is 11.6 Å². The van der Waals surface area contributed by atoms with Crippen LogP contribution in [0.3, 0.4) is 0 Å². The second-order valence-electron chi connectivity index (χ2n) is 9.33. The molecule has 1 aromatic carbocycles. The molecule has 2 N–H and O–H groups in total. The molecule has 1 saturated heterocycles. The molecule has 10 heteroatoms. The number of aromatic amines is 2. The van der Waals surface area contributed by atoms with Crippen LogP contribution in [-0.2, 0) is 11.3 Å². The third-order valence-electron chi connectivity index (χ3n) is 5.74. The van der Waals surface area contributed by atoms with Crippen LogP contribution in [0.4, 0.5) is 4.79 Å². The molecule has 3 aromatic rings. The SMILES string of the molecule is CC(C)(C)OC(=O)N1CCCCC[C@@H]1c1cc(Cl)ccc1Cn1c(=S)[nH]c(=O)c2[nH]cnc21. The Morgan fingerprint density at radius 1 is 1.30 bits per heavy atom. The molecule has 0 unspecified atom stereocenters. The molecule has 176 valence electrons. The average Bonchev–Trinajstić information content (AvgIpc) is 3.09. The number of halogens is 1. The summed E-state index contributed by atoms with van der Waals surface area (Å²) < 4.78 is 7.79. The van der Waals surface area contributed by atoms with Gasteiger partial charge in [0.2, 0.25) is 0 Å². The lowest BCUT2D eigenvalue weighted by Crippen LogP contribution is -2.39. The van der Waals surface area contributed by atoms with Crippen LogP contribution in [0.5, 0.6) is 0 Å². The Morgan fingerprint density at radius 3 is 2.85 bits per heavy atom. The van der Waals surface area contributed by atoms with E-state index in [0.29, 0.717) is 29.3 Å². The molecule has 0 bridgehead atoms. The first kappa shape index (κ1) is 23.5. The number of aromatic nitrogens is 4. The summed E-state index contributed by atoms with van der Waals surface area (Å²) in [5.41, 5.74) is 1.86. The zero-order valence-corrected chi connectivity index (χ0v) is 20.6. The number of fused-ring (bicyclic) bond motifs is 1. The molecule has 1 amide bonds. The number of carbonyl (C=O) groups excluding carboxylic acids is 1. The fourth-order valence-corrected chi connectivity index (χ4v) is 4.71. The summed E-state index contributed by atoms with van der Waals surface area (Å²) in [7, 11) is 0. The zero-order chi connectivity index (χ0) is 23.8. The first-order valence-electron chi connectivity index (χ1n) is 11.1. The van der Waals surface area contributed by atoms with Crippen molar-refractivity contribution in [3.05, 3.63) is 55.8 Å². The average molecular weight is 490 g/mol. The highest BCUT2D eigenvalue weighted by molar-refractivity contribution is 7.71. The highest BCUT2D eigenvalue weighted by Crippen LogP contribution is 2.35. The zero-order valence-electron chi connectivity index (χ0n) is 19.0. The molecule has 33 heavy (non-hydrogen) atoms. The predicted octanol–water partition coefficient (Wildman–Crippen LogP) is 5.34. The van der Waals surface area contributed by atoms with Gasteiger partial charge in [-0.15, -0.1) is 0 Å². The predicted molar refractivity (Wildman–Crippen MR) is 130 cm³/mol. The summed E-state index contributed by atoms with van der Waals surface area (Å²) >= 11 is 11.9. The number of rotatable bonds is 3. The highest BCUT2D eigenvalue weighted by Gasteiger charge is 2.32. The number of hydrogen-bond acceptors (Lipinski definition) is 5. The highest BCUT2D eigenvalue weighted by atomic mass is 35.5. The van der Waals surface area contributed by atoms with Crippen molar-refractivity contribution in [2.24, 2.45) is 0 Å². The van der Waals surface area contributed by atoms with Crippen molar-refractivity contribution in [2.75, 3.05) is 6.54 Å². The minimum absolute atomic E-state index is 0.178. The molecule has 0 radical (unpaired) electrons. The topological polar surface area (TPSA) is 96.0 Å². The molecule has 1 aliphatic heterocycles. The number of imidazole rings is 1. The lowest BCUT2D eigenvalue weighted by molar-refractivity contribution is 0.0162. The van der Waals surface area contributed by atoms with Crippen LogP contribution in [0.25, 0.3) is 11.2 Å². The molecule has 1 atom stereocenters. The van der Waals surface area contributed by atoms with Crippen molar-refractivity contribution >= 4 is 41.1 Å². The van der Waals surface area contributed by atoms with Gasteiger partial charge in [-0.25, -0.2) is 9.78 Å². The minimum atomic E-state index is -0.584. The number of nitrogens with zero attached hydrogens (tertiary/aromatic N) is 3. The molecule has 8 nitrogen and oxygen atoms in total. The van der Waals surface area contributed by atoms with E-state index >= 15 is 0 Å². The van der Waals surface area contributed by atoms with Gasteiger partial charge in [-0.3, -0.25) is 14.3 Å². The molecular formula is C23H28ClN5O3S. The van der Waals surface area contributed by atoms with E-state index in [4.69, 9.17) is 28.6 Å². The molecule has 0 spiro atoms. The molecule has 1 aliphatic rings. The Balaban J connectivity index is 1.78. The summed E-state index contributed by atoms with van der Waals surface area (Å²) in [4.78, 5) is 37.0. The van der Waals surface area contributed by atoms with Crippen LogP contribution in [0.15, 0.2) is 29.3 Å². The van der Waals surface area contributed by atoms with Gasteiger partial charge in [0.25, 0.3) is 5.56 Å². The van der Waals surface area contributed by atoms with E-state index in [1.54, 1.807) is 4.57 Å². The largest absolute Gasteiger partial charge is 0.444 e. The van der Waals surface area contributed by atoms with Crippen molar-refractivity contribution in [3.8, 4) is 0 Å². The maximum atomic E-state index is 13.1. The van der Waals surface area contributed by atoms with Crippen molar-refractivity contribution in [1.29, 1.82) is 0 Å². The van der Waals surface area contributed by atoms with Crippen LogP contribution in [-0.4, -0.2) is 42.7 Å². The van der Waals surface area contributed by atoms with E-state index < -0.39 is 5.60 Å². The smallest absolute Gasteiger partial charge is 0.410 e. The monoisotopic (exact) mass is 489 g/mol. The Bertz CT molecular complexity index is 1290. The number of likely N-dealkylation sites (tertiary alicyclic amines) is 1. The molecule has 1 fully saturated rings. The Kier molecular flexibility index (Phi) is 6.63. The number of benzene rings is 1. The number of ether oxygens (including phenoxy) is 1. The van der Waals surface area contributed by atoms with Crippen LogP contribution >= 0.6 is 23.8 Å². The van der Waals surface area contributed by atoms with Gasteiger partial charge in [-0.1, -0.05) is 30.5 Å². The Labute approximate surface area is 201 Å². The van der Waals surface area contributed by atoms with E-state index in [1.165, 1.54) is 6.33 Å². The first-order chi connectivity index (χ1) is 15.6. The molecule has 4 rings (SSSR count). The second-order valence-corrected chi connectivity index (χ2v) is 10.2. The lowest BCUT2D eigenvalue weighted by atomic mass is 9.95. The van der Waals surface area contributed by atoms with Crippen LogP contribution in [0, 0.1) is 4.77 Å². The third kappa shape index (κ3) is 5.14. The Hall–Kier alpha value is -2.65. The molecule has 0 saturated carbocycles. The summed E-state index contributed by atoms with van der Waals surface area (Å²) in [6.45, 7) is 6.61. The lowest BCUT2D eigenvalue weighted by Gasteiger charge is -2.33. The number of nitrogens with one attached hydrogen (secondary N) is 2. The first-order valence-corrected chi connectivity index (χ1v) is 11.9. The van der Waals surface area contributed by atoms with Crippen LogP contribution in [0.2, 0.25) is 5.02 Å². The third-order valence-corrected chi connectivity index (χ3v) is 6.30. The Morgan fingerprint density at radius 2 is 2.09 bits per heavy atom. The van der Waals surface area contributed by atoms with Crippen molar-refractivity contribution in [2.45, 2.75) is 64.6 Å². The van der Waals surface area contributed by atoms with Crippen molar-refractivity contribution < 1.29 is 9.53 Å². The quantitative estimate of drug-likeness (QED) is 0.484. The fourth-order valence-electron chi connectivity index (χ4n) is 4.29. The summed E-state index contributed by atoms with van der Waals surface area (Å²) in [5, 5.41) is 0.595.